The van der Waals surface area contributed by atoms with Crippen molar-refractivity contribution in [2.45, 2.75) is 57.4 Å². The zero-order valence-electron chi connectivity index (χ0n) is 13.4. The maximum absolute atomic E-state index is 5.27. The van der Waals surface area contributed by atoms with Crippen LogP contribution in [-0.2, 0) is 6.42 Å². The van der Waals surface area contributed by atoms with Crippen LogP contribution in [-0.4, -0.2) is 31.1 Å². The maximum Gasteiger partial charge on any atom is 0.118 e. The molecule has 116 valence electrons. The summed E-state index contributed by atoms with van der Waals surface area (Å²) in [5, 5.41) is 0. The van der Waals surface area contributed by atoms with E-state index in [0.29, 0.717) is 0 Å². The quantitative estimate of drug-likeness (QED) is 0.819. The van der Waals surface area contributed by atoms with Crippen molar-refractivity contribution < 1.29 is 4.74 Å². The molecule has 2 fully saturated rings. The monoisotopic (exact) mass is 287 g/mol. The first-order valence-corrected chi connectivity index (χ1v) is 8.74. The van der Waals surface area contributed by atoms with Gasteiger partial charge in [0.1, 0.15) is 5.75 Å². The number of hydrogen-bond acceptors (Lipinski definition) is 2. The van der Waals surface area contributed by atoms with Gasteiger partial charge in [0.2, 0.25) is 0 Å². The highest BCUT2D eigenvalue weighted by molar-refractivity contribution is 5.27. The van der Waals surface area contributed by atoms with Gasteiger partial charge in [-0.3, -0.25) is 0 Å². The minimum Gasteiger partial charge on any atom is -0.497 e. The molecule has 0 spiro atoms. The molecule has 3 rings (SSSR count). The minimum absolute atomic E-state index is 0.834. The average Bonchev–Trinajstić information content (AvgIpc) is 2.57. The lowest BCUT2D eigenvalue weighted by atomic mass is 9.79. The van der Waals surface area contributed by atoms with Crippen LogP contribution in [0.1, 0.15) is 50.5 Å². The topological polar surface area (TPSA) is 12.5 Å². The Hall–Kier alpha value is -1.02. The zero-order valence-corrected chi connectivity index (χ0v) is 13.4. The summed E-state index contributed by atoms with van der Waals surface area (Å²) >= 11 is 0. The van der Waals surface area contributed by atoms with Gasteiger partial charge in [0.25, 0.3) is 0 Å². The molecule has 1 aromatic carbocycles. The fourth-order valence-electron chi connectivity index (χ4n) is 4.22. The van der Waals surface area contributed by atoms with Gasteiger partial charge in [0.15, 0.2) is 0 Å². The van der Waals surface area contributed by atoms with Gasteiger partial charge in [0.05, 0.1) is 7.11 Å². The summed E-state index contributed by atoms with van der Waals surface area (Å²) in [4.78, 5) is 2.80. The number of likely N-dealkylation sites (tertiary alicyclic amines) is 1. The van der Waals surface area contributed by atoms with Crippen LogP contribution in [0, 0.1) is 5.92 Å². The molecule has 1 saturated carbocycles. The van der Waals surface area contributed by atoms with Crippen LogP contribution in [0.3, 0.4) is 0 Å². The fourth-order valence-corrected chi connectivity index (χ4v) is 4.22. The number of hydrogen-bond donors (Lipinski definition) is 0. The molecule has 2 nitrogen and oxygen atoms in total. The Labute approximate surface area is 129 Å². The second-order valence-electron chi connectivity index (χ2n) is 6.76. The van der Waals surface area contributed by atoms with E-state index in [9.17, 15) is 0 Å². The SMILES string of the molecule is COc1ccc(C[C@H]2CCCC[C@@H]2N2CCCCC2)cc1. The lowest BCUT2D eigenvalue weighted by Crippen LogP contribution is -2.45. The third kappa shape index (κ3) is 3.79. The Balaban J connectivity index is 1.65. The van der Waals surface area contributed by atoms with E-state index in [1.54, 1.807) is 7.11 Å². The van der Waals surface area contributed by atoms with Gasteiger partial charge in [-0.1, -0.05) is 31.4 Å². The number of piperidine rings is 1. The molecule has 2 heteroatoms. The predicted molar refractivity (Wildman–Crippen MR) is 87.9 cm³/mol. The van der Waals surface area contributed by atoms with Gasteiger partial charge in [-0.15, -0.1) is 0 Å². The molecule has 21 heavy (non-hydrogen) atoms. The van der Waals surface area contributed by atoms with Crippen molar-refractivity contribution in [3.63, 3.8) is 0 Å². The molecular weight excluding hydrogens is 258 g/mol. The molecule has 1 heterocycles. The number of ether oxygens (including phenoxy) is 1. The Morgan fingerprint density at radius 2 is 1.67 bits per heavy atom. The fraction of sp³-hybridized carbons (Fsp3) is 0.684. The van der Waals surface area contributed by atoms with Crippen LogP contribution in [0.5, 0.6) is 5.75 Å². The van der Waals surface area contributed by atoms with E-state index in [1.807, 2.05) is 0 Å². The molecule has 0 N–H and O–H groups in total. The zero-order chi connectivity index (χ0) is 14.5. The Morgan fingerprint density at radius 3 is 2.38 bits per heavy atom. The summed E-state index contributed by atoms with van der Waals surface area (Å²) in [7, 11) is 1.74. The van der Waals surface area contributed by atoms with Gasteiger partial charge >= 0.3 is 0 Å². The van der Waals surface area contributed by atoms with E-state index >= 15 is 0 Å². The van der Waals surface area contributed by atoms with Gasteiger partial charge in [0, 0.05) is 6.04 Å². The van der Waals surface area contributed by atoms with Crippen molar-refractivity contribution in [3.05, 3.63) is 29.8 Å². The molecule has 2 aliphatic rings. The smallest absolute Gasteiger partial charge is 0.118 e. The molecule has 0 radical (unpaired) electrons. The summed E-state index contributed by atoms with van der Waals surface area (Å²) < 4.78 is 5.27. The Kier molecular flexibility index (Phi) is 5.18. The van der Waals surface area contributed by atoms with E-state index in [4.69, 9.17) is 4.74 Å². The Morgan fingerprint density at radius 1 is 0.952 bits per heavy atom. The van der Waals surface area contributed by atoms with Crippen LogP contribution in [0.15, 0.2) is 24.3 Å². The molecule has 0 amide bonds. The maximum atomic E-state index is 5.27. The van der Waals surface area contributed by atoms with E-state index < -0.39 is 0 Å². The molecule has 0 unspecified atom stereocenters. The summed E-state index contributed by atoms with van der Waals surface area (Å²) in [5.74, 6) is 1.82. The molecule has 0 bridgehead atoms. The third-order valence-corrected chi connectivity index (χ3v) is 5.39. The van der Waals surface area contributed by atoms with E-state index in [0.717, 1.165) is 17.7 Å². The normalized spacial score (nSPS) is 27.5. The molecule has 1 saturated heterocycles. The molecule has 0 aromatic heterocycles. The van der Waals surface area contributed by atoms with E-state index in [1.165, 1.54) is 70.0 Å². The van der Waals surface area contributed by atoms with Gasteiger partial charge in [-0.2, -0.15) is 0 Å². The molecule has 2 atom stereocenters. The third-order valence-electron chi connectivity index (χ3n) is 5.39. The van der Waals surface area contributed by atoms with Gasteiger partial charge < -0.3 is 9.64 Å². The summed E-state index contributed by atoms with van der Waals surface area (Å²) in [6.07, 6.45) is 11.2. The largest absolute Gasteiger partial charge is 0.497 e. The predicted octanol–water partition coefficient (Wildman–Crippen LogP) is 4.28. The van der Waals surface area contributed by atoms with Gasteiger partial charge in [-0.25, -0.2) is 0 Å². The Bertz CT molecular complexity index is 422. The highest BCUT2D eigenvalue weighted by Gasteiger charge is 2.30. The van der Waals surface area contributed by atoms with Crippen molar-refractivity contribution in [2.75, 3.05) is 20.2 Å². The van der Waals surface area contributed by atoms with Crippen LogP contribution >= 0.6 is 0 Å². The number of methoxy groups -OCH3 is 1. The second-order valence-corrected chi connectivity index (χ2v) is 6.76. The highest BCUT2D eigenvalue weighted by Crippen LogP contribution is 2.32. The first-order chi connectivity index (χ1) is 10.4. The van der Waals surface area contributed by atoms with Gasteiger partial charge in [-0.05, 0) is 68.8 Å². The van der Waals surface area contributed by atoms with Crippen molar-refractivity contribution in [2.24, 2.45) is 5.92 Å². The van der Waals surface area contributed by atoms with Crippen molar-refractivity contribution >= 4 is 0 Å². The highest BCUT2D eigenvalue weighted by atomic mass is 16.5. The first kappa shape index (κ1) is 14.9. The summed E-state index contributed by atoms with van der Waals surface area (Å²) in [5.41, 5.74) is 1.48. The lowest BCUT2D eigenvalue weighted by Gasteiger charge is -2.42. The van der Waals surface area contributed by atoms with Crippen LogP contribution in [0.25, 0.3) is 0 Å². The lowest BCUT2D eigenvalue weighted by molar-refractivity contribution is 0.0846. The number of benzene rings is 1. The van der Waals surface area contributed by atoms with Crippen molar-refractivity contribution in [1.82, 2.24) is 4.90 Å². The van der Waals surface area contributed by atoms with Crippen LogP contribution < -0.4 is 4.74 Å². The van der Waals surface area contributed by atoms with Crippen molar-refractivity contribution in [3.8, 4) is 5.75 Å². The minimum atomic E-state index is 0.834. The first-order valence-electron chi connectivity index (χ1n) is 8.74. The number of rotatable bonds is 4. The second kappa shape index (κ2) is 7.31. The summed E-state index contributed by atoms with van der Waals surface area (Å²) in [6, 6.07) is 9.55. The average molecular weight is 287 g/mol. The van der Waals surface area contributed by atoms with Crippen molar-refractivity contribution in [1.29, 1.82) is 0 Å². The molecule has 1 aliphatic carbocycles. The molecule has 1 aliphatic heterocycles. The van der Waals surface area contributed by atoms with E-state index in [-0.39, 0.29) is 0 Å². The molecule has 1 aromatic rings. The van der Waals surface area contributed by atoms with E-state index in [2.05, 4.69) is 29.2 Å². The molecular formula is C19H29NO. The number of nitrogens with zero attached hydrogens (tertiary/aromatic N) is 1. The standard InChI is InChI=1S/C19H29NO/c1-21-18-11-9-16(10-12-18)15-17-7-3-4-8-19(17)20-13-5-2-6-14-20/h9-12,17,19H,2-8,13-15H2,1H3/t17-,19+/m1/s1. The summed E-state index contributed by atoms with van der Waals surface area (Å²) in [6.45, 7) is 2.67. The van der Waals surface area contributed by atoms with Crippen LogP contribution in [0.4, 0.5) is 0 Å². The van der Waals surface area contributed by atoms with Crippen LogP contribution in [0.2, 0.25) is 0 Å².